The van der Waals surface area contributed by atoms with Crippen LogP contribution in [0.25, 0.3) is 49.3 Å². The van der Waals surface area contributed by atoms with Gasteiger partial charge in [0.25, 0.3) is 0 Å². The van der Waals surface area contributed by atoms with Gasteiger partial charge >= 0.3 is 0 Å². The van der Waals surface area contributed by atoms with E-state index in [1.165, 1.54) is 43.7 Å². The van der Waals surface area contributed by atoms with Crippen molar-refractivity contribution in [3.05, 3.63) is 162 Å². The second kappa shape index (κ2) is 12.5. The summed E-state index contributed by atoms with van der Waals surface area (Å²) >= 11 is 0. The van der Waals surface area contributed by atoms with Crippen LogP contribution in [0.4, 0.5) is 0 Å². The smallest absolute Gasteiger partial charge is 0.201 e. The summed E-state index contributed by atoms with van der Waals surface area (Å²) < 4.78 is 4.82. The lowest BCUT2D eigenvalue weighted by Gasteiger charge is -2.26. The summed E-state index contributed by atoms with van der Waals surface area (Å²) in [6, 6.07) is 43.5. The average molecular weight is 625 g/mol. The largest absolute Gasteiger partial charge is 0.346 e. The maximum Gasteiger partial charge on any atom is 0.201 e. The lowest BCUT2D eigenvalue weighted by molar-refractivity contribution is 0.486. The quantitative estimate of drug-likeness (QED) is 0.168. The van der Waals surface area contributed by atoms with E-state index in [0.29, 0.717) is 0 Å². The van der Waals surface area contributed by atoms with E-state index >= 15 is 0 Å². The predicted octanol–water partition coefficient (Wildman–Crippen LogP) is 11.4. The number of aromatic nitrogens is 2. The number of nitrogens with one attached hydrogen (secondary N) is 1. The van der Waals surface area contributed by atoms with E-state index in [4.69, 9.17) is 4.99 Å². The van der Waals surface area contributed by atoms with Crippen LogP contribution >= 0.6 is 0 Å². The van der Waals surface area contributed by atoms with Crippen LogP contribution in [0.15, 0.2) is 161 Å². The highest BCUT2D eigenvalue weighted by Crippen LogP contribution is 2.40. The molecule has 2 heterocycles. The monoisotopic (exact) mass is 624 g/mol. The average Bonchev–Trinajstić information content (AvgIpc) is 3.65. The Morgan fingerprint density at radius 1 is 0.688 bits per heavy atom. The van der Waals surface area contributed by atoms with E-state index in [-0.39, 0.29) is 6.29 Å². The van der Waals surface area contributed by atoms with Crippen molar-refractivity contribution in [3.63, 3.8) is 0 Å². The molecule has 1 atom stereocenters. The van der Waals surface area contributed by atoms with Crippen LogP contribution in [0.3, 0.4) is 0 Å². The topological polar surface area (TPSA) is 34.2 Å². The van der Waals surface area contributed by atoms with E-state index in [0.717, 1.165) is 53.0 Å². The van der Waals surface area contributed by atoms with E-state index < -0.39 is 0 Å². The Bertz CT molecular complexity index is 2420. The second-order valence-electron chi connectivity index (χ2n) is 12.7. The zero-order chi connectivity index (χ0) is 32.6. The number of rotatable bonds is 8. The third-order valence-electron chi connectivity index (χ3n) is 9.78. The first kappa shape index (κ1) is 29.8. The summed E-state index contributed by atoms with van der Waals surface area (Å²) in [6.07, 6.45) is 9.60. The van der Waals surface area contributed by atoms with Gasteiger partial charge in [-0.25, -0.2) is 4.99 Å². The van der Waals surface area contributed by atoms with Crippen molar-refractivity contribution >= 4 is 49.3 Å². The van der Waals surface area contributed by atoms with Crippen molar-refractivity contribution in [3.8, 4) is 5.69 Å². The minimum atomic E-state index is -0.389. The molecular weight excluding hydrogens is 585 g/mol. The number of nitrogens with zero attached hydrogens (tertiary/aromatic N) is 3. The molecule has 0 spiro atoms. The van der Waals surface area contributed by atoms with Crippen LogP contribution < -0.4 is 5.32 Å². The van der Waals surface area contributed by atoms with E-state index in [2.05, 4.69) is 175 Å². The number of allylic oxidation sites excluding steroid dienone is 4. The molecule has 0 saturated carbocycles. The Balaban J connectivity index is 1.43. The normalized spacial score (nSPS) is 14.9. The molecule has 0 aliphatic heterocycles. The van der Waals surface area contributed by atoms with Gasteiger partial charge in [0.05, 0.1) is 22.1 Å². The van der Waals surface area contributed by atoms with Crippen LogP contribution in [-0.2, 0) is 0 Å². The van der Waals surface area contributed by atoms with E-state index in [1.54, 1.807) is 0 Å². The summed E-state index contributed by atoms with van der Waals surface area (Å²) in [7, 11) is 0. The van der Waals surface area contributed by atoms with Gasteiger partial charge in [0.1, 0.15) is 0 Å². The molecule has 236 valence electrons. The molecule has 0 fully saturated rings. The molecule has 1 aliphatic rings. The van der Waals surface area contributed by atoms with Crippen LogP contribution in [0.1, 0.15) is 51.9 Å². The van der Waals surface area contributed by atoms with Gasteiger partial charge < -0.3 is 14.5 Å². The third kappa shape index (κ3) is 5.14. The van der Waals surface area contributed by atoms with E-state index in [9.17, 15) is 0 Å². The van der Waals surface area contributed by atoms with Gasteiger partial charge in [-0.3, -0.25) is 0 Å². The Labute approximate surface area is 282 Å². The summed E-state index contributed by atoms with van der Waals surface area (Å²) in [6.45, 7) is 6.60. The standard InChI is InChI=1S/C44H40N4/c1-4-30(2)43(33-20-10-6-11-21-33)46-44(45-31(3)32-18-8-5-9-19-32)48-40-27-17-15-25-36(40)38-28-41-37(29-42(38)48)35-24-14-16-26-39(35)47(41)34-22-12-7-13-23-34/h5,7-10,12-29,44,46H,4,6,11H2,1-3H3/b43-30?,45-31+. The van der Waals surface area contributed by atoms with Gasteiger partial charge in [0.15, 0.2) is 0 Å². The molecule has 0 saturated heterocycles. The highest BCUT2D eigenvalue weighted by atomic mass is 15.3. The minimum Gasteiger partial charge on any atom is -0.346 e. The summed E-state index contributed by atoms with van der Waals surface area (Å²) in [4.78, 5) is 5.51. The summed E-state index contributed by atoms with van der Waals surface area (Å²) in [5, 5.41) is 8.91. The molecule has 0 bridgehead atoms. The van der Waals surface area contributed by atoms with E-state index in [1.807, 2.05) is 0 Å². The number of fused-ring (bicyclic) bond motifs is 6. The lowest BCUT2D eigenvalue weighted by atomic mass is 10.00. The molecule has 48 heavy (non-hydrogen) atoms. The first-order chi connectivity index (χ1) is 23.6. The Kier molecular flexibility index (Phi) is 7.78. The molecule has 5 aromatic carbocycles. The fraction of sp³-hybridized carbons (Fsp3) is 0.159. The van der Waals surface area contributed by atoms with Crippen molar-refractivity contribution < 1.29 is 0 Å². The van der Waals surface area contributed by atoms with Crippen LogP contribution in [0.5, 0.6) is 0 Å². The highest BCUT2D eigenvalue weighted by Gasteiger charge is 2.23. The second-order valence-corrected chi connectivity index (χ2v) is 12.7. The summed E-state index contributed by atoms with van der Waals surface area (Å²) in [5.41, 5.74) is 11.7. The molecule has 1 aliphatic carbocycles. The molecule has 2 aromatic heterocycles. The van der Waals surface area contributed by atoms with Gasteiger partial charge in [0.2, 0.25) is 6.29 Å². The molecule has 0 amide bonds. The van der Waals surface area contributed by atoms with Crippen molar-refractivity contribution in [2.75, 3.05) is 0 Å². The van der Waals surface area contributed by atoms with Gasteiger partial charge in [0, 0.05) is 38.6 Å². The maximum absolute atomic E-state index is 5.51. The molecule has 0 radical (unpaired) electrons. The number of hydrogen-bond donors (Lipinski definition) is 1. The molecule has 7 aromatic rings. The van der Waals surface area contributed by atoms with Crippen molar-refractivity contribution in [1.82, 2.24) is 14.5 Å². The van der Waals surface area contributed by atoms with Gasteiger partial charge in [-0.1, -0.05) is 110 Å². The zero-order valence-electron chi connectivity index (χ0n) is 27.8. The lowest BCUT2D eigenvalue weighted by Crippen LogP contribution is -2.27. The minimum absolute atomic E-state index is 0.389. The van der Waals surface area contributed by atoms with Crippen LogP contribution in [0, 0.1) is 0 Å². The first-order valence-electron chi connectivity index (χ1n) is 17.1. The maximum atomic E-state index is 5.51. The molecule has 8 rings (SSSR count). The Morgan fingerprint density at radius 2 is 1.31 bits per heavy atom. The molecule has 4 heteroatoms. The van der Waals surface area contributed by atoms with Gasteiger partial charge in [-0.2, -0.15) is 0 Å². The Hall–Kier alpha value is -5.61. The Morgan fingerprint density at radius 3 is 2.02 bits per heavy atom. The predicted molar refractivity (Wildman–Crippen MR) is 204 cm³/mol. The fourth-order valence-electron chi connectivity index (χ4n) is 7.23. The molecule has 4 nitrogen and oxygen atoms in total. The SMILES string of the molecule is CCC(C)=C(NC(/N=C(\C)c1ccccc1)n1c2ccccc2c2cc3c(cc21)c1ccccc1n3-c1ccccc1)C1=CCCC=C1. The van der Waals surface area contributed by atoms with Crippen molar-refractivity contribution in [2.24, 2.45) is 4.99 Å². The van der Waals surface area contributed by atoms with Crippen molar-refractivity contribution in [2.45, 2.75) is 46.3 Å². The number of aliphatic imine (C=N–C) groups is 1. The van der Waals surface area contributed by atoms with Crippen molar-refractivity contribution in [1.29, 1.82) is 0 Å². The molecular formula is C44H40N4. The number of hydrogen-bond acceptors (Lipinski definition) is 2. The first-order valence-corrected chi connectivity index (χ1v) is 17.1. The van der Waals surface area contributed by atoms with Gasteiger partial charge in [-0.15, -0.1) is 0 Å². The highest BCUT2D eigenvalue weighted by molar-refractivity contribution is 6.18. The van der Waals surface area contributed by atoms with Gasteiger partial charge in [-0.05, 0) is 86.2 Å². The number of para-hydroxylation sites is 3. The molecule has 1 unspecified atom stereocenters. The van der Waals surface area contributed by atoms with Crippen LogP contribution in [-0.4, -0.2) is 14.8 Å². The fourth-order valence-corrected chi connectivity index (χ4v) is 7.23. The zero-order valence-corrected chi connectivity index (χ0v) is 27.8. The van der Waals surface area contributed by atoms with Crippen LogP contribution in [0.2, 0.25) is 0 Å². The summed E-state index contributed by atoms with van der Waals surface area (Å²) in [5.74, 6) is 0. The third-order valence-corrected chi connectivity index (χ3v) is 9.78. The molecule has 1 N–H and O–H groups in total. The number of benzene rings is 5.